The van der Waals surface area contributed by atoms with Gasteiger partial charge < -0.3 is 15.0 Å². The molecule has 0 spiro atoms. The molecule has 0 unspecified atom stereocenters. The highest BCUT2D eigenvalue weighted by molar-refractivity contribution is 5.47. The molecule has 0 radical (unpaired) electrons. The molecule has 1 N–H and O–H groups in total. The first-order valence-corrected chi connectivity index (χ1v) is 7.08. The van der Waals surface area contributed by atoms with Crippen LogP contribution in [-0.4, -0.2) is 37.2 Å². The monoisotopic (exact) mass is 286 g/mol. The van der Waals surface area contributed by atoms with Crippen molar-refractivity contribution in [2.75, 3.05) is 37.5 Å². The molecule has 0 aliphatic heterocycles. The van der Waals surface area contributed by atoms with Crippen LogP contribution in [0.15, 0.2) is 36.7 Å². The minimum atomic E-state index is 0.619. The number of rotatable bonds is 7. The summed E-state index contributed by atoms with van der Waals surface area (Å²) in [5.74, 6) is 1.46. The molecule has 5 nitrogen and oxygen atoms in total. The Morgan fingerprint density at radius 2 is 1.95 bits per heavy atom. The second-order valence-corrected chi connectivity index (χ2v) is 4.89. The predicted octanol–water partition coefficient (Wildman–Crippen LogP) is 2.73. The van der Waals surface area contributed by atoms with E-state index in [1.165, 1.54) is 12.0 Å². The van der Waals surface area contributed by atoms with Crippen molar-refractivity contribution in [2.45, 2.75) is 13.3 Å². The van der Waals surface area contributed by atoms with Crippen molar-refractivity contribution >= 4 is 11.5 Å². The Balaban J connectivity index is 1.80. The van der Waals surface area contributed by atoms with E-state index in [1.807, 2.05) is 13.0 Å². The molecule has 0 atom stereocenters. The number of anilines is 2. The minimum absolute atomic E-state index is 0.619. The molecule has 1 aromatic carbocycles. The summed E-state index contributed by atoms with van der Waals surface area (Å²) < 4.78 is 5.19. The number of ether oxygens (including phenoxy) is 1. The van der Waals surface area contributed by atoms with Crippen LogP contribution in [0, 0.1) is 6.92 Å². The molecule has 1 aromatic heterocycles. The Hall–Kier alpha value is -2.30. The van der Waals surface area contributed by atoms with E-state index in [0.29, 0.717) is 5.88 Å². The van der Waals surface area contributed by atoms with Gasteiger partial charge in [0, 0.05) is 25.8 Å². The fourth-order valence-corrected chi connectivity index (χ4v) is 2.15. The highest BCUT2D eigenvalue weighted by Crippen LogP contribution is 2.19. The van der Waals surface area contributed by atoms with E-state index in [-0.39, 0.29) is 0 Å². The Morgan fingerprint density at radius 1 is 1.19 bits per heavy atom. The Bertz CT molecular complexity index is 559. The largest absolute Gasteiger partial charge is 0.481 e. The Morgan fingerprint density at radius 3 is 2.67 bits per heavy atom. The lowest BCUT2D eigenvalue weighted by atomic mass is 10.3. The van der Waals surface area contributed by atoms with Crippen LogP contribution < -0.4 is 15.0 Å². The summed E-state index contributed by atoms with van der Waals surface area (Å²) in [6.07, 6.45) is 2.54. The molecule has 0 saturated heterocycles. The van der Waals surface area contributed by atoms with Crippen LogP contribution in [0.1, 0.15) is 12.0 Å². The zero-order valence-electron chi connectivity index (χ0n) is 12.8. The van der Waals surface area contributed by atoms with Crippen LogP contribution >= 0.6 is 0 Å². The maximum atomic E-state index is 5.19. The number of nitrogens with one attached hydrogen (secondary N) is 1. The third kappa shape index (κ3) is 4.08. The van der Waals surface area contributed by atoms with Crippen LogP contribution in [0.3, 0.4) is 0 Å². The third-order valence-corrected chi connectivity index (χ3v) is 3.39. The van der Waals surface area contributed by atoms with Gasteiger partial charge in [0.15, 0.2) is 0 Å². The second-order valence-electron chi connectivity index (χ2n) is 4.89. The van der Waals surface area contributed by atoms with E-state index in [0.717, 1.165) is 30.9 Å². The van der Waals surface area contributed by atoms with Gasteiger partial charge in [-0.25, -0.2) is 9.97 Å². The quantitative estimate of drug-likeness (QED) is 0.793. The second kappa shape index (κ2) is 7.47. The molecule has 2 rings (SSSR count). The van der Waals surface area contributed by atoms with Crippen molar-refractivity contribution in [3.05, 3.63) is 42.2 Å². The lowest BCUT2D eigenvalue weighted by Gasteiger charge is -2.19. The van der Waals surface area contributed by atoms with Crippen molar-refractivity contribution in [3.63, 3.8) is 0 Å². The van der Waals surface area contributed by atoms with Gasteiger partial charge in [-0.15, -0.1) is 0 Å². The standard InChI is InChI=1S/C16H22N4O/c1-13-15(18-12-19-16(13)21-3)17-10-7-11-20(2)14-8-5-4-6-9-14/h4-6,8-9,12H,7,10-11H2,1-3H3,(H,17,18,19). The van der Waals surface area contributed by atoms with Gasteiger partial charge in [0.25, 0.3) is 0 Å². The van der Waals surface area contributed by atoms with Crippen molar-refractivity contribution in [2.24, 2.45) is 0 Å². The van der Waals surface area contributed by atoms with Gasteiger partial charge in [-0.3, -0.25) is 0 Å². The predicted molar refractivity (Wildman–Crippen MR) is 86.1 cm³/mol. The fourth-order valence-electron chi connectivity index (χ4n) is 2.15. The molecule has 112 valence electrons. The van der Waals surface area contributed by atoms with Gasteiger partial charge in [-0.1, -0.05) is 18.2 Å². The smallest absolute Gasteiger partial charge is 0.221 e. The molecule has 0 aliphatic carbocycles. The number of nitrogens with zero attached hydrogens (tertiary/aromatic N) is 3. The minimum Gasteiger partial charge on any atom is -0.481 e. The number of hydrogen-bond acceptors (Lipinski definition) is 5. The number of para-hydroxylation sites is 1. The lowest BCUT2D eigenvalue weighted by Crippen LogP contribution is -2.21. The highest BCUT2D eigenvalue weighted by atomic mass is 16.5. The average Bonchev–Trinajstić information content (AvgIpc) is 2.53. The molecule has 1 heterocycles. The molecule has 21 heavy (non-hydrogen) atoms. The van der Waals surface area contributed by atoms with E-state index in [9.17, 15) is 0 Å². The molecule has 0 amide bonds. The van der Waals surface area contributed by atoms with Gasteiger partial charge in [0.2, 0.25) is 5.88 Å². The third-order valence-electron chi connectivity index (χ3n) is 3.39. The topological polar surface area (TPSA) is 50.3 Å². The average molecular weight is 286 g/mol. The van der Waals surface area contributed by atoms with Gasteiger partial charge in [0.05, 0.1) is 12.7 Å². The number of methoxy groups -OCH3 is 1. The van der Waals surface area contributed by atoms with E-state index >= 15 is 0 Å². The summed E-state index contributed by atoms with van der Waals surface area (Å²) in [6.45, 7) is 3.80. The number of hydrogen-bond donors (Lipinski definition) is 1. The molecule has 0 bridgehead atoms. The summed E-state index contributed by atoms with van der Waals surface area (Å²) in [5.41, 5.74) is 2.17. The first-order valence-electron chi connectivity index (χ1n) is 7.08. The fraction of sp³-hybridized carbons (Fsp3) is 0.375. The van der Waals surface area contributed by atoms with Gasteiger partial charge in [-0.2, -0.15) is 0 Å². The van der Waals surface area contributed by atoms with Crippen molar-refractivity contribution in [3.8, 4) is 5.88 Å². The van der Waals surface area contributed by atoms with Crippen LogP contribution in [0.5, 0.6) is 5.88 Å². The molecule has 0 fully saturated rings. The maximum Gasteiger partial charge on any atom is 0.221 e. The normalized spacial score (nSPS) is 10.2. The maximum absolute atomic E-state index is 5.19. The van der Waals surface area contributed by atoms with Crippen molar-refractivity contribution in [1.82, 2.24) is 9.97 Å². The van der Waals surface area contributed by atoms with E-state index < -0.39 is 0 Å². The number of aromatic nitrogens is 2. The van der Waals surface area contributed by atoms with Crippen LogP contribution in [0.2, 0.25) is 0 Å². The molecule has 0 saturated carbocycles. The summed E-state index contributed by atoms with van der Waals surface area (Å²) in [4.78, 5) is 10.6. The molecule has 5 heteroatoms. The van der Waals surface area contributed by atoms with Gasteiger partial charge in [-0.05, 0) is 25.5 Å². The zero-order valence-corrected chi connectivity index (χ0v) is 12.8. The Labute approximate surface area is 126 Å². The van der Waals surface area contributed by atoms with Crippen molar-refractivity contribution in [1.29, 1.82) is 0 Å². The SMILES string of the molecule is COc1ncnc(NCCCN(C)c2ccccc2)c1C. The highest BCUT2D eigenvalue weighted by Gasteiger charge is 2.06. The van der Waals surface area contributed by atoms with Crippen molar-refractivity contribution < 1.29 is 4.74 Å². The first-order chi connectivity index (χ1) is 10.2. The van der Waals surface area contributed by atoms with Crippen LogP contribution in [0.4, 0.5) is 11.5 Å². The van der Waals surface area contributed by atoms with Gasteiger partial charge in [0.1, 0.15) is 12.1 Å². The summed E-state index contributed by atoms with van der Waals surface area (Å²) >= 11 is 0. The molecule has 2 aromatic rings. The summed E-state index contributed by atoms with van der Waals surface area (Å²) in [5, 5.41) is 3.34. The van der Waals surface area contributed by atoms with Crippen LogP contribution in [0.25, 0.3) is 0 Å². The first kappa shape index (κ1) is 15.1. The van der Waals surface area contributed by atoms with Crippen LogP contribution in [-0.2, 0) is 0 Å². The summed E-state index contributed by atoms with van der Waals surface area (Å²) in [6, 6.07) is 10.4. The lowest BCUT2D eigenvalue weighted by molar-refractivity contribution is 0.393. The molecular formula is C16H22N4O. The number of benzene rings is 1. The summed E-state index contributed by atoms with van der Waals surface area (Å²) in [7, 11) is 3.72. The molecule has 0 aliphatic rings. The van der Waals surface area contributed by atoms with E-state index in [2.05, 4.69) is 51.5 Å². The van der Waals surface area contributed by atoms with Gasteiger partial charge >= 0.3 is 0 Å². The van der Waals surface area contributed by atoms with E-state index in [1.54, 1.807) is 7.11 Å². The van der Waals surface area contributed by atoms with E-state index in [4.69, 9.17) is 4.74 Å². The Kier molecular flexibility index (Phi) is 5.37. The zero-order chi connectivity index (χ0) is 15.1. The molecular weight excluding hydrogens is 264 g/mol.